The molecule has 61 heavy (non-hydrogen) atoms. The lowest BCUT2D eigenvalue weighted by molar-refractivity contribution is 0.0950. The molecule has 2 aromatic heterocycles. The standard InChI is InChI=1S/C23H20N4O4.C23H22N4O3/c1-24-22(29)20-13-18(10-11-25-20)31-17-6-3-15(4-7-17)26-23(30)27-16-5-8-19-14(12-16)2-9-21(19)28;1-24-22(28)21-14-20(11-12-25-21)30-19-9-7-17(8-10-19)26-23(29)27-18-6-5-15-3-2-4-16(15)13-18/h3-8,10-13H,2,9H2,1H3,(H,24,29)(H2,26,27,30);5-14H,2-4H2,1H3,(H,24,28)(H2,26,27,29). The molecule has 0 bridgehead atoms. The van der Waals surface area contributed by atoms with Crippen LogP contribution in [0.25, 0.3) is 0 Å². The number of nitrogens with one attached hydrogen (secondary N) is 6. The van der Waals surface area contributed by atoms with Gasteiger partial charge in [0.25, 0.3) is 11.8 Å². The van der Waals surface area contributed by atoms with E-state index in [2.05, 4.69) is 47.9 Å². The molecule has 2 heterocycles. The van der Waals surface area contributed by atoms with E-state index >= 15 is 0 Å². The van der Waals surface area contributed by atoms with E-state index in [9.17, 15) is 24.0 Å². The van der Waals surface area contributed by atoms with Gasteiger partial charge in [0, 0.05) is 73.4 Å². The maximum absolute atomic E-state index is 12.3. The molecule has 0 atom stereocenters. The van der Waals surface area contributed by atoms with Crippen LogP contribution in [0.1, 0.15) is 60.9 Å². The first-order valence-corrected chi connectivity index (χ1v) is 19.5. The number of urea groups is 2. The third kappa shape index (κ3) is 10.9. The smallest absolute Gasteiger partial charge is 0.323 e. The molecule has 0 fully saturated rings. The number of nitrogens with zero attached hydrogens (tertiary/aromatic N) is 2. The number of rotatable bonds is 10. The van der Waals surface area contributed by atoms with E-state index in [0.29, 0.717) is 52.9 Å². The van der Waals surface area contributed by atoms with Crippen molar-refractivity contribution in [3.63, 3.8) is 0 Å². The quantitative estimate of drug-likeness (QED) is 0.0785. The summed E-state index contributed by atoms with van der Waals surface area (Å²) in [6, 6.07) is 30.9. The van der Waals surface area contributed by atoms with Crippen molar-refractivity contribution in [1.29, 1.82) is 0 Å². The lowest BCUT2D eigenvalue weighted by Gasteiger charge is -2.10. The van der Waals surface area contributed by atoms with Gasteiger partial charge in [0.2, 0.25) is 0 Å². The molecule has 4 aromatic carbocycles. The van der Waals surface area contributed by atoms with E-state index in [0.717, 1.165) is 29.7 Å². The van der Waals surface area contributed by atoms with Crippen LogP contribution in [0.4, 0.5) is 32.3 Å². The summed E-state index contributed by atoms with van der Waals surface area (Å²) in [5, 5.41) is 16.2. The van der Waals surface area contributed by atoms with Gasteiger partial charge >= 0.3 is 12.1 Å². The van der Waals surface area contributed by atoms with Crippen molar-refractivity contribution in [1.82, 2.24) is 20.6 Å². The minimum Gasteiger partial charge on any atom is -0.457 e. The number of carbonyl (C=O) groups is 5. The summed E-state index contributed by atoms with van der Waals surface area (Å²) in [5.41, 5.74) is 7.55. The lowest BCUT2D eigenvalue weighted by Crippen LogP contribution is -2.19. The zero-order chi connectivity index (χ0) is 42.7. The van der Waals surface area contributed by atoms with Crippen LogP contribution in [0, 0.1) is 0 Å². The number of anilines is 4. The maximum Gasteiger partial charge on any atom is 0.323 e. The number of aromatic nitrogens is 2. The van der Waals surface area contributed by atoms with Gasteiger partial charge in [0.1, 0.15) is 34.4 Å². The molecule has 15 nitrogen and oxygen atoms in total. The molecule has 0 saturated heterocycles. The highest BCUT2D eigenvalue weighted by atomic mass is 16.5. The van der Waals surface area contributed by atoms with Crippen molar-refractivity contribution < 1.29 is 33.4 Å². The fourth-order valence-corrected chi connectivity index (χ4v) is 6.71. The van der Waals surface area contributed by atoms with Crippen LogP contribution < -0.4 is 41.4 Å². The van der Waals surface area contributed by atoms with E-state index in [4.69, 9.17) is 9.47 Å². The first kappa shape index (κ1) is 41.1. The second-order valence-electron chi connectivity index (χ2n) is 14.0. The molecular weight excluding hydrogens is 777 g/mol. The third-order valence-electron chi connectivity index (χ3n) is 9.72. The fourth-order valence-electron chi connectivity index (χ4n) is 6.71. The van der Waals surface area contributed by atoms with Crippen LogP contribution in [0.15, 0.2) is 122 Å². The number of amides is 6. The molecule has 6 aromatic rings. The minimum atomic E-state index is -0.387. The number of fused-ring (bicyclic) bond motifs is 2. The summed E-state index contributed by atoms with van der Waals surface area (Å²) >= 11 is 0. The lowest BCUT2D eigenvalue weighted by atomic mass is 10.1. The van der Waals surface area contributed by atoms with Gasteiger partial charge in [-0.2, -0.15) is 0 Å². The Morgan fingerprint density at radius 1 is 0.475 bits per heavy atom. The molecule has 6 amide bonds. The number of Topliss-reactive ketones (excluding diaryl/α,β-unsaturated/α-hetero) is 1. The van der Waals surface area contributed by atoms with E-state index in [-0.39, 0.29) is 41.0 Å². The van der Waals surface area contributed by atoms with E-state index in [1.807, 2.05) is 18.2 Å². The van der Waals surface area contributed by atoms with Crippen LogP contribution in [-0.2, 0) is 19.3 Å². The molecule has 2 aliphatic rings. The van der Waals surface area contributed by atoms with Crippen molar-refractivity contribution in [2.45, 2.75) is 32.1 Å². The molecule has 0 unspecified atom stereocenters. The molecule has 6 N–H and O–H groups in total. The summed E-state index contributed by atoms with van der Waals surface area (Å²) in [4.78, 5) is 67.6. The fraction of sp³-hybridized carbons (Fsp3) is 0.152. The third-order valence-corrected chi connectivity index (χ3v) is 9.72. The van der Waals surface area contributed by atoms with Gasteiger partial charge in [-0.25, -0.2) is 9.59 Å². The maximum atomic E-state index is 12.3. The number of ketones is 1. The number of benzene rings is 4. The number of carbonyl (C=O) groups excluding carboxylic acids is 5. The second-order valence-corrected chi connectivity index (χ2v) is 14.0. The normalized spacial score (nSPS) is 12.1. The molecule has 8 rings (SSSR count). The van der Waals surface area contributed by atoms with Crippen molar-refractivity contribution in [2.75, 3.05) is 35.4 Å². The first-order valence-electron chi connectivity index (χ1n) is 19.5. The highest BCUT2D eigenvalue weighted by molar-refractivity contribution is 6.03. The molecular formula is C46H42N8O7. The molecule has 0 aliphatic heterocycles. The Morgan fingerprint density at radius 2 is 0.934 bits per heavy atom. The Morgan fingerprint density at radius 3 is 1.46 bits per heavy atom. The number of pyridine rings is 2. The Balaban J connectivity index is 0.000000184. The van der Waals surface area contributed by atoms with Gasteiger partial charge < -0.3 is 41.4 Å². The van der Waals surface area contributed by atoms with Crippen molar-refractivity contribution in [2.24, 2.45) is 0 Å². The Labute approximate surface area is 351 Å². The number of hydrogen-bond acceptors (Lipinski definition) is 9. The molecule has 0 spiro atoms. The van der Waals surface area contributed by atoms with Crippen LogP contribution >= 0.6 is 0 Å². The van der Waals surface area contributed by atoms with Gasteiger partial charge in [-0.15, -0.1) is 0 Å². The number of hydrogen-bond donors (Lipinski definition) is 6. The number of aryl methyl sites for hydroxylation is 3. The monoisotopic (exact) mass is 818 g/mol. The molecule has 308 valence electrons. The summed E-state index contributed by atoms with van der Waals surface area (Å²) in [6.07, 6.45) is 7.58. The summed E-state index contributed by atoms with van der Waals surface area (Å²) in [6.45, 7) is 0. The van der Waals surface area contributed by atoms with Crippen LogP contribution in [0.5, 0.6) is 23.0 Å². The van der Waals surface area contributed by atoms with Crippen molar-refractivity contribution in [3.8, 4) is 23.0 Å². The SMILES string of the molecule is CNC(=O)c1cc(Oc2ccc(NC(=O)Nc3ccc4c(c3)CCC4)cc2)ccn1.CNC(=O)c1cc(Oc2ccc(NC(=O)Nc3ccc4c(c3)CCC4=O)cc2)ccn1. The largest absolute Gasteiger partial charge is 0.457 e. The van der Waals surface area contributed by atoms with E-state index in [1.54, 1.807) is 92.0 Å². The zero-order valence-electron chi connectivity index (χ0n) is 33.3. The van der Waals surface area contributed by atoms with Gasteiger partial charge in [-0.3, -0.25) is 24.4 Å². The minimum absolute atomic E-state index is 0.143. The Kier molecular flexibility index (Phi) is 12.9. The van der Waals surface area contributed by atoms with Crippen LogP contribution in [0.3, 0.4) is 0 Å². The second kappa shape index (κ2) is 19.1. The average molecular weight is 819 g/mol. The average Bonchev–Trinajstić information content (AvgIpc) is 3.90. The predicted octanol–water partition coefficient (Wildman–Crippen LogP) is 8.37. The van der Waals surface area contributed by atoms with Gasteiger partial charge in [0.15, 0.2) is 5.78 Å². The molecule has 2 aliphatic carbocycles. The summed E-state index contributed by atoms with van der Waals surface area (Å²) in [7, 11) is 3.08. The molecule has 15 heteroatoms. The molecule has 0 saturated carbocycles. The Bertz CT molecular complexity index is 2600. The van der Waals surface area contributed by atoms with Crippen molar-refractivity contribution >= 4 is 52.4 Å². The molecule has 0 radical (unpaired) electrons. The van der Waals surface area contributed by atoms with E-state index in [1.165, 1.54) is 37.0 Å². The van der Waals surface area contributed by atoms with Crippen LogP contribution in [-0.4, -0.2) is 53.7 Å². The van der Waals surface area contributed by atoms with Crippen LogP contribution in [0.2, 0.25) is 0 Å². The van der Waals surface area contributed by atoms with E-state index < -0.39 is 0 Å². The summed E-state index contributed by atoms with van der Waals surface area (Å²) < 4.78 is 11.5. The van der Waals surface area contributed by atoms with Gasteiger partial charge in [-0.1, -0.05) is 6.07 Å². The predicted molar refractivity (Wildman–Crippen MR) is 231 cm³/mol. The topological polar surface area (TPSA) is 202 Å². The van der Waals surface area contributed by atoms with Gasteiger partial charge in [0.05, 0.1) is 0 Å². The summed E-state index contributed by atoms with van der Waals surface area (Å²) in [5.74, 6) is 1.66. The zero-order valence-corrected chi connectivity index (χ0v) is 33.3. The van der Waals surface area contributed by atoms with Crippen molar-refractivity contribution in [3.05, 3.63) is 155 Å². The first-order chi connectivity index (χ1) is 29.6. The number of ether oxygens (including phenoxy) is 2. The highest BCUT2D eigenvalue weighted by Gasteiger charge is 2.20. The highest BCUT2D eigenvalue weighted by Crippen LogP contribution is 2.28. The Hall–Kier alpha value is -8.07. The van der Waals surface area contributed by atoms with Gasteiger partial charge in [-0.05, 0) is 133 Å².